The summed E-state index contributed by atoms with van der Waals surface area (Å²) in [6, 6.07) is 0. The van der Waals surface area contributed by atoms with Crippen molar-refractivity contribution in [3.05, 3.63) is 0 Å². The van der Waals surface area contributed by atoms with E-state index < -0.39 is 0 Å². The highest BCUT2D eigenvalue weighted by Gasteiger charge is 1.94. The summed E-state index contributed by atoms with van der Waals surface area (Å²) < 4.78 is 0. The van der Waals surface area contributed by atoms with Gasteiger partial charge in [-0.1, -0.05) is 13.3 Å². The molecule has 0 aromatic heterocycles. The first-order valence-corrected chi connectivity index (χ1v) is 2.86. The van der Waals surface area contributed by atoms with Gasteiger partial charge in [0.15, 0.2) is 0 Å². The van der Waals surface area contributed by atoms with Crippen LogP contribution in [0.1, 0.15) is 19.8 Å². The Bertz CT molecular complexity index is 42.7. The molecule has 0 fully saturated rings. The van der Waals surface area contributed by atoms with E-state index >= 15 is 0 Å². The second kappa shape index (κ2) is 4.43. The Morgan fingerprint density at radius 3 is 2.57 bits per heavy atom. The maximum atomic E-state index is 4.78. The molecule has 0 aromatic carbocycles. The number of hydrogen-bond acceptors (Lipinski definition) is 3. The van der Waals surface area contributed by atoms with Crippen LogP contribution in [0.25, 0.3) is 0 Å². The Kier molecular flexibility index (Phi) is 4.60. The molecule has 0 aromatic rings. The van der Waals surface area contributed by atoms with Gasteiger partial charge in [0.05, 0.1) is 0 Å². The van der Waals surface area contributed by atoms with Crippen molar-refractivity contribution in [2.24, 2.45) is 5.90 Å². The largest absolute Gasteiger partial charge is 0.291 e. The van der Waals surface area contributed by atoms with Gasteiger partial charge in [-0.2, -0.15) is 0 Å². The van der Waals surface area contributed by atoms with Crippen LogP contribution in [-0.4, -0.2) is 5.44 Å². The Morgan fingerprint density at radius 2 is 2.43 bits per heavy atom. The summed E-state index contributed by atoms with van der Waals surface area (Å²) in [5, 5.41) is 0. The van der Waals surface area contributed by atoms with E-state index in [1.807, 2.05) is 0 Å². The van der Waals surface area contributed by atoms with Gasteiger partial charge in [0.2, 0.25) is 0 Å². The summed E-state index contributed by atoms with van der Waals surface area (Å²) >= 11 is 3.96. The van der Waals surface area contributed by atoms with Crippen LogP contribution in [0.3, 0.4) is 0 Å². The first kappa shape index (κ1) is 7.27. The van der Waals surface area contributed by atoms with Crippen LogP contribution in [0.2, 0.25) is 0 Å². The van der Waals surface area contributed by atoms with Crippen LogP contribution >= 0.6 is 12.6 Å². The first-order chi connectivity index (χ1) is 3.31. The van der Waals surface area contributed by atoms with Crippen molar-refractivity contribution in [2.45, 2.75) is 25.2 Å². The number of hydrogen-bond donors (Lipinski definition) is 2. The molecule has 2 N–H and O–H groups in total. The maximum Gasteiger partial charge on any atom is 0.121 e. The lowest BCUT2D eigenvalue weighted by molar-refractivity contribution is 0.110. The van der Waals surface area contributed by atoms with Gasteiger partial charge >= 0.3 is 0 Å². The van der Waals surface area contributed by atoms with Gasteiger partial charge in [-0.05, 0) is 6.42 Å². The van der Waals surface area contributed by atoms with E-state index in [1.165, 1.54) is 0 Å². The van der Waals surface area contributed by atoms with Gasteiger partial charge in [-0.15, -0.1) is 12.6 Å². The lowest BCUT2D eigenvalue weighted by atomic mass is 10.4. The molecule has 0 bridgehead atoms. The Hall–Kier alpha value is 0.270. The van der Waals surface area contributed by atoms with Crippen LogP contribution < -0.4 is 5.90 Å². The smallest absolute Gasteiger partial charge is 0.121 e. The minimum atomic E-state index is -0.0787. The van der Waals surface area contributed by atoms with E-state index in [2.05, 4.69) is 24.4 Å². The van der Waals surface area contributed by atoms with Gasteiger partial charge in [0.25, 0.3) is 0 Å². The van der Waals surface area contributed by atoms with E-state index in [1.54, 1.807) is 0 Å². The highest BCUT2D eigenvalue weighted by atomic mass is 32.1. The predicted octanol–water partition coefficient (Wildman–Crippen LogP) is 0.933. The highest BCUT2D eigenvalue weighted by molar-refractivity contribution is 7.80. The molecule has 1 atom stereocenters. The average Bonchev–Trinajstić information content (AvgIpc) is 1.68. The van der Waals surface area contributed by atoms with Crippen molar-refractivity contribution in [1.82, 2.24) is 0 Å². The lowest BCUT2D eigenvalue weighted by Crippen LogP contribution is -2.09. The summed E-state index contributed by atoms with van der Waals surface area (Å²) in [5.41, 5.74) is -0.0787. The van der Waals surface area contributed by atoms with Gasteiger partial charge in [0, 0.05) is 0 Å². The fourth-order valence-corrected chi connectivity index (χ4v) is 0.573. The number of nitrogens with two attached hydrogens (primary N) is 1. The molecule has 7 heavy (non-hydrogen) atoms. The fraction of sp³-hybridized carbons (Fsp3) is 1.00. The van der Waals surface area contributed by atoms with Crippen molar-refractivity contribution in [3.8, 4) is 0 Å². The third-order valence-corrected chi connectivity index (χ3v) is 1.07. The predicted molar refractivity (Wildman–Crippen MR) is 33.0 cm³/mol. The standard InChI is InChI=1S/C4H11NOS/c1-2-3-4(7)6-5/h4,7H,2-3,5H2,1H3. The normalized spacial score (nSPS) is 14.1. The van der Waals surface area contributed by atoms with Gasteiger partial charge < -0.3 is 0 Å². The molecule has 1 unspecified atom stereocenters. The van der Waals surface area contributed by atoms with Crippen molar-refractivity contribution in [3.63, 3.8) is 0 Å². The lowest BCUT2D eigenvalue weighted by Gasteiger charge is -2.02. The highest BCUT2D eigenvalue weighted by Crippen LogP contribution is 2.01. The van der Waals surface area contributed by atoms with E-state index in [0.29, 0.717) is 0 Å². The van der Waals surface area contributed by atoms with E-state index in [-0.39, 0.29) is 5.44 Å². The van der Waals surface area contributed by atoms with Crippen molar-refractivity contribution in [2.75, 3.05) is 0 Å². The van der Waals surface area contributed by atoms with Crippen LogP contribution in [0.4, 0.5) is 0 Å². The SMILES string of the molecule is CCCC(S)ON. The van der Waals surface area contributed by atoms with Crippen molar-refractivity contribution in [1.29, 1.82) is 0 Å². The third-order valence-electron chi connectivity index (χ3n) is 0.693. The zero-order chi connectivity index (χ0) is 5.70. The Labute approximate surface area is 49.4 Å². The molecule has 2 nitrogen and oxygen atoms in total. The van der Waals surface area contributed by atoms with Crippen LogP contribution in [0.5, 0.6) is 0 Å². The van der Waals surface area contributed by atoms with Crippen molar-refractivity contribution >= 4 is 12.6 Å². The molecule has 0 rings (SSSR count). The molecule has 0 saturated heterocycles. The second-order valence-electron chi connectivity index (χ2n) is 1.38. The summed E-state index contributed by atoms with van der Waals surface area (Å²) in [6.45, 7) is 2.06. The molecular formula is C4H11NOS. The monoisotopic (exact) mass is 121 g/mol. The molecule has 0 radical (unpaired) electrons. The zero-order valence-corrected chi connectivity index (χ0v) is 5.32. The molecule has 44 valence electrons. The number of thiol groups is 1. The topological polar surface area (TPSA) is 35.2 Å². The summed E-state index contributed by atoms with van der Waals surface area (Å²) in [6.07, 6.45) is 1.98. The van der Waals surface area contributed by atoms with Crippen molar-refractivity contribution < 1.29 is 4.84 Å². The minimum Gasteiger partial charge on any atom is -0.291 e. The Balaban J connectivity index is 2.83. The van der Waals surface area contributed by atoms with Gasteiger partial charge in [-0.3, -0.25) is 4.84 Å². The molecule has 0 aliphatic heterocycles. The van der Waals surface area contributed by atoms with E-state index in [0.717, 1.165) is 12.8 Å². The summed E-state index contributed by atoms with van der Waals surface area (Å²) in [4.78, 5) is 4.35. The van der Waals surface area contributed by atoms with Gasteiger partial charge in [0.1, 0.15) is 5.44 Å². The summed E-state index contributed by atoms with van der Waals surface area (Å²) in [5.74, 6) is 4.78. The van der Waals surface area contributed by atoms with Crippen LogP contribution in [-0.2, 0) is 4.84 Å². The van der Waals surface area contributed by atoms with Crippen LogP contribution in [0, 0.1) is 0 Å². The minimum absolute atomic E-state index is 0.0787. The number of rotatable bonds is 3. The molecular weight excluding hydrogens is 110 g/mol. The maximum absolute atomic E-state index is 4.78. The molecule has 0 heterocycles. The average molecular weight is 121 g/mol. The summed E-state index contributed by atoms with van der Waals surface area (Å²) in [7, 11) is 0. The molecule has 0 aliphatic carbocycles. The quantitative estimate of drug-likeness (QED) is 0.331. The molecule has 0 aliphatic rings. The van der Waals surface area contributed by atoms with Gasteiger partial charge in [-0.25, -0.2) is 5.90 Å². The Morgan fingerprint density at radius 1 is 1.86 bits per heavy atom. The first-order valence-electron chi connectivity index (χ1n) is 2.34. The molecule has 0 saturated carbocycles. The third kappa shape index (κ3) is 4.12. The van der Waals surface area contributed by atoms with Crippen LogP contribution in [0.15, 0.2) is 0 Å². The van der Waals surface area contributed by atoms with E-state index in [4.69, 9.17) is 5.90 Å². The zero-order valence-electron chi connectivity index (χ0n) is 4.42. The molecule has 3 heteroatoms. The fourth-order valence-electron chi connectivity index (χ4n) is 0.315. The van der Waals surface area contributed by atoms with E-state index in [9.17, 15) is 0 Å². The second-order valence-corrected chi connectivity index (χ2v) is 1.96. The molecule has 0 spiro atoms. The molecule has 0 amide bonds.